The lowest BCUT2D eigenvalue weighted by Gasteiger charge is -2.08. The van der Waals surface area contributed by atoms with Crippen LogP contribution in [-0.2, 0) is 21.8 Å². The molecule has 1 rings (SSSR count). The van der Waals surface area contributed by atoms with Crippen LogP contribution in [0.4, 0.5) is 0 Å². The quantitative estimate of drug-likeness (QED) is 0.585. The molecule has 0 aromatic carbocycles. The fourth-order valence-electron chi connectivity index (χ4n) is 1.25. The van der Waals surface area contributed by atoms with Crippen molar-refractivity contribution in [2.75, 3.05) is 7.11 Å². The van der Waals surface area contributed by atoms with Crippen LogP contribution in [0, 0.1) is 5.92 Å². The Bertz CT molecular complexity index is 324. The van der Waals surface area contributed by atoms with Gasteiger partial charge in [-0.3, -0.25) is 9.78 Å². The van der Waals surface area contributed by atoms with E-state index in [4.69, 9.17) is 11.6 Å². The van der Waals surface area contributed by atoms with E-state index in [1.54, 1.807) is 6.20 Å². The zero-order valence-electron chi connectivity index (χ0n) is 8.87. The number of ether oxygens (including phenoxy) is 1. The molecule has 1 atom stereocenters. The van der Waals surface area contributed by atoms with Crippen LogP contribution in [-0.4, -0.2) is 18.1 Å². The second-order valence-electron chi connectivity index (χ2n) is 3.42. The van der Waals surface area contributed by atoms with Crippen LogP contribution >= 0.6 is 11.6 Å². The number of alkyl halides is 1. The van der Waals surface area contributed by atoms with Gasteiger partial charge in [0.05, 0.1) is 13.0 Å². The van der Waals surface area contributed by atoms with Crippen LogP contribution < -0.4 is 0 Å². The Morgan fingerprint density at radius 1 is 1.60 bits per heavy atom. The van der Waals surface area contributed by atoms with Gasteiger partial charge in [-0.05, 0) is 11.6 Å². The van der Waals surface area contributed by atoms with Crippen LogP contribution in [0.1, 0.15) is 18.2 Å². The Hall–Kier alpha value is -1.09. The van der Waals surface area contributed by atoms with Gasteiger partial charge in [-0.15, -0.1) is 11.6 Å². The van der Waals surface area contributed by atoms with E-state index in [-0.39, 0.29) is 11.9 Å². The first kappa shape index (κ1) is 12.0. The number of esters is 1. The maximum absolute atomic E-state index is 11.2. The van der Waals surface area contributed by atoms with Crippen molar-refractivity contribution in [3.05, 3.63) is 29.6 Å². The number of hydrogen-bond donors (Lipinski definition) is 0. The normalized spacial score (nSPS) is 12.2. The van der Waals surface area contributed by atoms with Crippen molar-refractivity contribution in [3.8, 4) is 0 Å². The molecule has 0 bridgehead atoms. The summed E-state index contributed by atoms with van der Waals surface area (Å²) < 4.78 is 4.64. The summed E-state index contributed by atoms with van der Waals surface area (Å²) >= 11 is 5.64. The highest BCUT2D eigenvalue weighted by atomic mass is 35.5. The minimum Gasteiger partial charge on any atom is -0.469 e. The van der Waals surface area contributed by atoms with E-state index in [1.165, 1.54) is 7.11 Å². The fraction of sp³-hybridized carbons (Fsp3) is 0.455. The average Bonchev–Trinajstić information content (AvgIpc) is 2.29. The Labute approximate surface area is 94.4 Å². The van der Waals surface area contributed by atoms with E-state index in [9.17, 15) is 4.79 Å². The maximum Gasteiger partial charge on any atom is 0.308 e. The van der Waals surface area contributed by atoms with Crippen molar-refractivity contribution in [1.82, 2.24) is 4.98 Å². The van der Waals surface area contributed by atoms with Gasteiger partial charge in [0, 0.05) is 24.2 Å². The number of carbonyl (C=O) groups excluding carboxylic acids is 1. The predicted octanol–water partition coefficient (Wildman–Crippen LogP) is 2.17. The second-order valence-corrected chi connectivity index (χ2v) is 3.69. The number of aromatic nitrogens is 1. The molecular formula is C11H14ClNO2. The lowest BCUT2D eigenvalue weighted by Crippen LogP contribution is -2.15. The number of carbonyl (C=O) groups is 1. The van der Waals surface area contributed by atoms with Gasteiger partial charge in [0.15, 0.2) is 0 Å². The largest absolute Gasteiger partial charge is 0.469 e. The van der Waals surface area contributed by atoms with Crippen molar-refractivity contribution in [3.63, 3.8) is 0 Å². The number of methoxy groups -OCH3 is 1. The summed E-state index contributed by atoms with van der Waals surface area (Å²) in [4.78, 5) is 15.4. The highest BCUT2D eigenvalue weighted by molar-refractivity contribution is 6.17. The molecule has 0 aliphatic rings. The average molecular weight is 228 g/mol. The predicted molar refractivity (Wildman–Crippen MR) is 58.7 cm³/mol. The standard InChI is InChI=1S/C11H14ClNO2/c1-8(11(14)15-2)5-10-4-3-9(6-12)7-13-10/h3-4,7-8H,5-6H2,1-2H3/t8-/m0/s1. The molecule has 1 aromatic rings. The highest BCUT2D eigenvalue weighted by Crippen LogP contribution is 2.09. The molecule has 3 nitrogen and oxygen atoms in total. The van der Waals surface area contributed by atoms with Gasteiger partial charge in [0.1, 0.15) is 0 Å². The summed E-state index contributed by atoms with van der Waals surface area (Å²) in [5.41, 5.74) is 1.85. The molecule has 0 aliphatic heterocycles. The molecule has 0 saturated carbocycles. The zero-order valence-corrected chi connectivity index (χ0v) is 9.62. The van der Waals surface area contributed by atoms with Gasteiger partial charge in [-0.2, -0.15) is 0 Å². The molecule has 15 heavy (non-hydrogen) atoms. The molecule has 0 unspecified atom stereocenters. The summed E-state index contributed by atoms with van der Waals surface area (Å²) in [6.45, 7) is 1.82. The third-order valence-corrected chi connectivity index (χ3v) is 2.47. The molecule has 0 saturated heterocycles. The zero-order chi connectivity index (χ0) is 11.3. The molecule has 0 radical (unpaired) electrons. The van der Waals surface area contributed by atoms with Gasteiger partial charge in [0.25, 0.3) is 0 Å². The molecule has 0 amide bonds. The molecule has 1 heterocycles. The summed E-state index contributed by atoms with van der Waals surface area (Å²) in [5, 5.41) is 0. The molecule has 4 heteroatoms. The van der Waals surface area contributed by atoms with Crippen LogP contribution in [0.5, 0.6) is 0 Å². The van der Waals surface area contributed by atoms with Crippen molar-refractivity contribution < 1.29 is 9.53 Å². The smallest absolute Gasteiger partial charge is 0.308 e. The molecule has 0 fully saturated rings. The molecular weight excluding hydrogens is 214 g/mol. The lowest BCUT2D eigenvalue weighted by molar-refractivity contribution is -0.144. The number of nitrogens with zero attached hydrogens (tertiary/aromatic N) is 1. The molecule has 0 spiro atoms. The van der Waals surface area contributed by atoms with Gasteiger partial charge in [-0.25, -0.2) is 0 Å². The number of rotatable bonds is 4. The van der Waals surface area contributed by atoms with Crippen LogP contribution in [0.25, 0.3) is 0 Å². The lowest BCUT2D eigenvalue weighted by atomic mass is 10.1. The van der Waals surface area contributed by atoms with E-state index in [1.807, 2.05) is 19.1 Å². The molecule has 0 aliphatic carbocycles. The minimum atomic E-state index is -0.210. The Balaban J connectivity index is 2.60. The Morgan fingerprint density at radius 3 is 2.80 bits per heavy atom. The van der Waals surface area contributed by atoms with Crippen molar-refractivity contribution in [2.24, 2.45) is 5.92 Å². The summed E-state index contributed by atoms with van der Waals surface area (Å²) in [7, 11) is 1.39. The van der Waals surface area contributed by atoms with E-state index in [0.29, 0.717) is 12.3 Å². The van der Waals surface area contributed by atoms with E-state index >= 15 is 0 Å². The van der Waals surface area contributed by atoms with Crippen LogP contribution in [0.3, 0.4) is 0 Å². The number of halogens is 1. The fourth-order valence-corrected chi connectivity index (χ4v) is 1.41. The number of pyridine rings is 1. The number of hydrogen-bond acceptors (Lipinski definition) is 3. The maximum atomic E-state index is 11.2. The van der Waals surface area contributed by atoms with Gasteiger partial charge in [-0.1, -0.05) is 13.0 Å². The molecule has 1 aromatic heterocycles. The SMILES string of the molecule is COC(=O)[C@@H](C)Cc1ccc(CCl)cn1. The summed E-state index contributed by atoms with van der Waals surface area (Å²) in [6, 6.07) is 3.80. The summed E-state index contributed by atoms with van der Waals surface area (Å²) in [6.07, 6.45) is 2.32. The minimum absolute atomic E-state index is 0.163. The third kappa shape index (κ3) is 3.51. The Morgan fingerprint density at radius 2 is 2.33 bits per heavy atom. The van der Waals surface area contributed by atoms with E-state index in [0.717, 1.165) is 11.3 Å². The first-order valence-corrected chi connectivity index (χ1v) is 5.28. The summed E-state index contributed by atoms with van der Waals surface area (Å²) in [5.74, 6) is 0.0856. The van der Waals surface area contributed by atoms with Crippen LogP contribution in [0.15, 0.2) is 18.3 Å². The van der Waals surface area contributed by atoms with E-state index in [2.05, 4.69) is 9.72 Å². The molecule has 82 valence electrons. The Kier molecular flexibility index (Phi) is 4.56. The first-order valence-electron chi connectivity index (χ1n) is 4.75. The van der Waals surface area contributed by atoms with Crippen molar-refractivity contribution in [2.45, 2.75) is 19.2 Å². The van der Waals surface area contributed by atoms with Gasteiger partial charge < -0.3 is 4.74 Å². The first-order chi connectivity index (χ1) is 7.17. The van der Waals surface area contributed by atoms with Crippen molar-refractivity contribution >= 4 is 17.6 Å². The topological polar surface area (TPSA) is 39.2 Å². The monoisotopic (exact) mass is 227 g/mol. The van der Waals surface area contributed by atoms with Gasteiger partial charge in [0.2, 0.25) is 0 Å². The van der Waals surface area contributed by atoms with E-state index < -0.39 is 0 Å². The van der Waals surface area contributed by atoms with Crippen molar-refractivity contribution in [1.29, 1.82) is 0 Å². The highest BCUT2D eigenvalue weighted by Gasteiger charge is 2.13. The second kappa shape index (κ2) is 5.71. The third-order valence-electron chi connectivity index (χ3n) is 2.16. The van der Waals surface area contributed by atoms with Crippen LogP contribution in [0.2, 0.25) is 0 Å². The van der Waals surface area contributed by atoms with Gasteiger partial charge >= 0.3 is 5.97 Å². The molecule has 0 N–H and O–H groups in total.